The van der Waals surface area contributed by atoms with Crippen LogP contribution in [0.2, 0.25) is 0 Å². The smallest absolute Gasteiger partial charge is 0.262 e. The van der Waals surface area contributed by atoms with Gasteiger partial charge in [0.2, 0.25) is 0 Å². The van der Waals surface area contributed by atoms with Gasteiger partial charge in [0, 0.05) is 12.1 Å². The van der Waals surface area contributed by atoms with E-state index in [0.717, 1.165) is 18.8 Å². The van der Waals surface area contributed by atoms with E-state index in [0.29, 0.717) is 12.3 Å². The van der Waals surface area contributed by atoms with Gasteiger partial charge in [-0.25, -0.2) is 4.39 Å². The highest BCUT2D eigenvalue weighted by Crippen LogP contribution is 2.20. The number of carbonyl (C=O) groups excluding carboxylic acids is 1. The van der Waals surface area contributed by atoms with Crippen molar-refractivity contribution in [2.45, 2.75) is 12.5 Å². The van der Waals surface area contributed by atoms with Gasteiger partial charge in [0.1, 0.15) is 11.9 Å². The van der Waals surface area contributed by atoms with E-state index < -0.39 is 5.82 Å². The van der Waals surface area contributed by atoms with Crippen LogP contribution >= 0.6 is 0 Å². The predicted molar refractivity (Wildman–Crippen MR) is 86.8 cm³/mol. The van der Waals surface area contributed by atoms with Crippen molar-refractivity contribution < 1.29 is 23.4 Å². The normalized spacial score (nSPS) is 16.6. The third kappa shape index (κ3) is 4.45. The van der Waals surface area contributed by atoms with Crippen molar-refractivity contribution in [1.82, 2.24) is 0 Å². The Balaban J connectivity index is 1.48. The number of benzene rings is 2. The fourth-order valence-corrected chi connectivity index (χ4v) is 2.32. The van der Waals surface area contributed by atoms with E-state index in [1.54, 1.807) is 36.4 Å². The van der Waals surface area contributed by atoms with Crippen LogP contribution in [0, 0.1) is 5.82 Å². The zero-order valence-corrected chi connectivity index (χ0v) is 13.0. The van der Waals surface area contributed by atoms with Crippen LogP contribution in [0.3, 0.4) is 0 Å². The number of halogens is 1. The van der Waals surface area contributed by atoms with Crippen LogP contribution in [0.5, 0.6) is 11.5 Å². The molecule has 1 atom stereocenters. The van der Waals surface area contributed by atoms with Crippen LogP contribution in [0.1, 0.15) is 6.42 Å². The lowest BCUT2D eigenvalue weighted by Gasteiger charge is -2.12. The van der Waals surface area contributed by atoms with Crippen LogP contribution in [-0.4, -0.2) is 31.8 Å². The second-order valence-electron chi connectivity index (χ2n) is 5.40. The predicted octanol–water partition coefficient (Wildman–Crippen LogP) is 3.01. The molecule has 5 nitrogen and oxygen atoms in total. The number of rotatable bonds is 6. The van der Waals surface area contributed by atoms with Crippen molar-refractivity contribution in [3.8, 4) is 11.5 Å². The molecule has 6 heteroatoms. The Kier molecular flexibility index (Phi) is 5.28. The Morgan fingerprint density at radius 3 is 2.71 bits per heavy atom. The summed E-state index contributed by atoms with van der Waals surface area (Å²) in [6.07, 6.45) is 0.964. The van der Waals surface area contributed by atoms with E-state index in [-0.39, 0.29) is 24.4 Å². The molecular formula is C18H18FNO4. The number of carbonyl (C=O) groups is 1. The van der Waals surface area contributed by atoms with Crippen LogP contribution < -0.4 is 14.8 Å². The van der Waals surface area contributed by atoms with Gasteiger partial charge in [0.05, 0.1) is 13.2 Å². The Morgan fingerprint density at radius 2 is 2.00 bits per heavy atom. The molecule has 1 aliphatic rings. The molecule has 24 heavy (non-hydrogen) atoms. The van der Waals surface area contributed by atoms with E-state index in [1.807, 2.05) is 0 Å². The van der Waals surface area contributed by atoms with Crippen LogP contribution in [0.25, 0.3) is 0 Å². The van der Waals surface area contributed by atoms with E-state index in [1.165, 1.54) is 12.1 Å². The summed E-state index contributed by atoms with van der Waals surface area (Å²) in [6, 6.07) is 13.0. The topological polar surface area (TPSA) is 56.8 Å². The van der Waals surface area contributed by atoms with E-state index >= 15 is 0 Å². The molecule has 0 aromatic heterocycles. The van der Waals surface area contributed by atoms with E-state index in [9.17, 15) is 9.18 Å². The fraction of sp³-hybridized carbons (Fsp3) is 0.278. The van der Waals surface area contributed by atoms with Crippen molar-refractivity contribution in [2.24, 2.45) is 0 Å². The Labute approximate surface area is 139 Å². The molecule has 1 N–H and O–H groups in total. The maximum Gasteiger partial charge on any atom is 0.262 e. The Bertz CT molecular complexity index is 684. The highest BCUT2D eigenvalue weighted by atomic mass is 19.1. The van der Waals surface area contributed by atoms with Crippen molar-refractivity contribution in [1.29, 1.82) is 0 Å². The van der Waals surface area contributed by atoms with Crippen LogP contribution in [0.15, 0.2) is 48.5 Å². The number of ether oxygens (including phenoxy) is 3. The lowest BCUT2D eigenvalue weighted by Crippen LogP contribution is -2.20. The SMILES string of the molecule is O=C(COc1ccccc1F)Nc1ccc(O[C@@H]2CCOC2)cc1. The van der Waals surface area contributed by atoms with Gasteiger partial charge in [-0.15, -0.1) is 0 Å². The Morgan fingerprint density at radius 1 is 1.21 bits per heavy atom. The molecule has 0 bridgehead atoms. The Hall–Kier alpha value is -2.60. The van der Waals surface area contributed by atoms with Gasteiger partial charge >= 0.3 is 0 Å². The second kappa shape index (κ2) is 7.79. The number of para-hydroxylation sites is 1. The lowest BCUT2D eigenvalue weighted by atomic mass is 10.3. The molecule has 1 aliphatic heterocycles. The maximum atomic E-state index is 13.4. The van der Waals surface area contributed by atoms with Gasteiger partial charge in [-0.3, -0.25) is 4.79 Å². The summed E-state index contributed by atoms with van der Waals surface area (Å²) in [5.41, 5.74) is 0.618. The number of hydrogen-bond donors (Lipinski definition) is 1. The van der Waals surface area contributed by atoms with Gasteiger partial charge < -0.3 is 19.5 Å². The molecule has 0 aliphatic carbocycles. The van der Waals surface area contributed by atoms with Gasteiger partial charge in [-0.2, -0.15) is 0 Å². The minimum absolute atomic E-state index is 0.0511. The molecule has 1 fully saturated rings. The first-order valence-electron chi connectivity index (χ1n) is 7.72. The molecule has 1 saturated heterocycles. The van der Waals surface area contributed by atoms with Gasteiger partial charge in [-0.05, 0) is 36.4 Å². The highest BCUT2D eigenvalue weighted by Gasteiger charge is 2.17. The third-order valence-electron chi connectivity index (χ3n) is 3.52. The molecule has 1 amide bonds. The number of nitrogens with one attached hydrogen (secondary N) is 1. The molecule has 126 valence electrons. The molecular weight excluding hydrogens is 313 g/mol. The summed E-state index contributed by atoms with van der Waals surface area (Å²) in [7, 11) is 0. The first-order chi connectivity index (χ1) is 11.7. The molecule has 0 unspecified atom stereocenters. The summed E-state index contributed by atoms with van der Waals surface area (Å²) in [5.74, 6) is -0.0832. The standard InChI is InChI=1S/C18H18FNO4/c19-16-3-1-2-4-17(16)23-12-18(21)20-13-5-7-14(8-6-13)24-15-9-10-22-11-15/h1-8,15H,9-12H2,(H,20,21)/t15-/m1/s1. The molecule has 2 aromatic rings. The average molecular weight is 331 g/mol. The van der Waals surface area contributed by atoms with Crippen molar-refractivity contribution >= 4 is 11.6 Å². The average Bonchev–Trinajstić information content (AvgIpc) is 3.09. The largest absolute Gasteiger partial charge is 0.488 e. The zero-order chi connectivity index (χ0) is 16.8. The summed E-state index contributed by atoms with van der Waals surface area (Å²) in [4.78, 5) is 11.9. The van der Waals surface area contributed by atoms with Crippen LogP contribution in [-0.2, 0) is 9.53 Å². The van der Waals surface area contributed by atoms with Gasteiger partial charge in [-0.1, -0.05) is 12.1 Å². The maximum absolute atomic E-state index is 13.4. The molecule has 0 saturated carbocycles. The monoisotopic (exact) mass is 331 g/mol. The van der Waals surface area contributed by atoms with Crippen molar-refractivity contribution in [3.63, 3.8) is 0 Å². The van der Waals surface area contributed by atoms with E-state index in [2.05, 4.69) is 5.32 Å². The zero-order valence-electron chi connectivity index (χ0n) is 13.0. The van der Waals surface area contributed by atoms with Crippen LogP contribution in [0.4, 0.5) is 10.1 Å². The van der Waals surface area contributed by atoms with Crippen molar-refractivity contribution in [2.75, 3.05) is 25.1 Å². The molecule has 2 aromatic carbocycles. The minimum atomic E-state index is -0.498. The molecule has 1 heterocycles. The summed E-state index contributed by atoms with van der Waals surface area (Å²) in [5, 5.41) is 2.69. The second-order valence-corrected chi connectivity index (χ2v) is 5.40. The van der Waals surface area contributed by atoms with Gasteiger partial charge in [0.25, 0.3) is 5.91 Å². The minimum Gasteiger partial charge on any atom is -0.488 e. The summed E-state index contributed by atoms with van der Waals surface area (Å²) >= 11 is 0. The lowest BCUT2D eigenvalue weighted by molar-refractivity contribution is -0.118. The molecule has 0 radical (unpaired) electrons. The van der Waals surface area contributed by atoms with Gasteiger partial charge in [0.15, 0.2) is 18.2 Å². The summed E-state index contributed by atoms with van der Waals surface area (Å²) in [6.45, 7) is 1.06. The van der Waals surface area contributed by atoms with E-state index in [4.69, 9.17) is 14.2 Å². The fourth-order valence-electron chi connectivity index (χ4n) is 2.32. The first kappa shape index (κ1) is 16.3. The number of amides is 1. The van der Waals surface area contributed by atoms with Crippen molar-refractivity contribution in [3.05, 3.63) is 54.3 Å². The molecule has 3 rings (SSSR count). The molecule has 0 spiro atoms. The number of hydrogen-bond acceptors (Lipinski definition) is 4. The third-order valence-corrected chi connectivity index (χ3v) is 3.52. The number of anilines is 1. The first-order valence-corrected chi connectivity index (χ1v) is 7.72. The quantitative estimate of drug-likeness (QED) is 0.884. The summed E-state index contributed by atoms with van der Waals surface area (Å²) < 4.78 is 29.6. The highest BCUT2D eigenvalue weighted by molar-refractivity contribution is 5.91.